The van der Waals surface area contributed by atoms with Crippen molar-refractivity contribution in [3.05, 3.63) is 34.9 Å². The monoisotopic (exact) mass is 213 g/mol. The molecule has 1 N–H and O–H groups in total. The first-order chi connectivity index (χ1) is 6.75. The quantitative estimate of drug-likeness (QED) is 0.814. The van der Waals surface area contributed by atoms with Crippen LogP contribution in [0.2, 0.25) is 5.02 Å². The van der Waals surface area contributed by atoms with E-state index in [9.17, 15) is 4.39 Å². The van der Waals surface area contributed by atoms with E-state index in [2.05, 4.69) is 5.32 Å². The molecule has 1 unspecified atom stereocenters. The summed E-state index contributed by atoms with van der Waals surface area (Å²) < 4.78 is 13.7. The Morgan fingerprint density at radius 2 is 2.00 bits per heavy atom. The Kier molecular flexibility index (Phi) is 3.04. The van der Waals surface area contributed by atoms with E-state index in [0.717, 1.165) is 18.7 Å². The van der Waals surface area contributed by atoms with Gasteiger partial charge < -0.3 is 5.32 Å². The van der Waals surface area contributed by atoms with Gasteiger partial charge in [-0.15, -0.1) is 0 Å². The van der Waals surface area contributed by atoms with Crippen molar-refractivity contribution in [2.24, 2.45) is 5.92 Å². The number of halogens is 2. The molecule has 0 spiro atoms. The lowest BCUT2D eigenvalue weighted by Crippen LogP contribution is -2.42. The zero-order valence-electron chi connectivity index (χ0n) is 7.84. The average molecular weight is 214 g/mol. The molecule has 3 heteroatoms. The van der Waals surface area contributed by atoms with Crippen LogP contribution in [0.4, 0.5) is 4.39 Å². The van der Waals surface area contributed by atoms with Gasteiger partial charge in [0.25, 0.3) is 0 Å². The van der Waals surface area contributed by atoms with Gasteiger partial charge in [-0.25, -0.2) is 4.39 Å². The zero-order chi connectivity index (χ0) is 9.97. The molecule has 1 nitrogen and oxygen atoms in total. The third kappa shape index (κ3) is 2.25. The lowest BCUT2D eigenvalue weighted by Gasteiger charge is -2.28. The van der Waals surface area contributed by atoms with E-state index in [1.54, 1.807) is 24.3 Å². The first-order valence-corrected chi connectivity index (χ1v) is 5.24. The van der Waals surface area contributed by atoms with Crippen molar-refractivity contribution in [1.82, 2.24) is 5.32 Å². The van der Waals surface area contributed by atoms with E-state index in [4.69, 9.17) is 11.6 Å². The summed E-state index contributed by atoms with van der Waals surface area (Å²) >= 11 is 5.73. The van der Waals surface area contributed by atoms with Crippen LogP contribution in [0.1, 0.15) is 18.2 Å². The van der Waals surface area contributed by atoms with Crippen molar-refractivity contribution in [2.75, 3.05) is 13.1 Å². The Hall–Kier alpha value is -0.600. The van der Waals surface area contributed by atoms with Crippen molar-refractivity contribution in [3.8, 4) is 0 Å². The van der Waals surface area contributed by atoms with Crippen LogP contribution < -0.4 is 5.32 Å². The number of rotatable bonds is 3. The molecule has 1 saturated heterocycles. The molecule has 0 radical (unpaired) electrons. The summed E-state index contributed by atoms with van der Waals surface area (Å²) in [6.07, 6.45) is -0.228. The van der Waals surface area contributed by atoms with Crippen molar-refractivity contribution in [1.29, 1.82) is 0 Å². The number of nitrogens with one attached hydrogen (secondary N) is 1. The third-order valence-corrected chi connectivity index (χ3v) is 2.89. The van der Waals surface area contributed by atoms with Crippen LogP contribution >= 0.6 is 11.6 Å². The van der Waals surface area contributed by atoms with Crippen molar-refractivity contribution < 1.29 is 4.39 Å². The van der Waals surface area contributed by atoms with E-state index in [0.29, 0.717) is 17.4 Å². The highest BCUT2D eigenvalue weighted by Crippen LogP contribution is 2.27. The van der Waals surface area contributed by atoms with Gasteiger partial charge in [0.1, 0.15) is 6.17 Å². The number of hydrogen-bond acceptors (Lipinski definition) is 1. The fraction of sp³-hybridized carbons (Fsp3) is 0.455. The minimum atomic E-state index is -0.848. The molecule has 0 amide bonds. The topological polar surface area (TPSA) is 12.0 Å². The van der Waals surface area contributed by atoms with Crippen LogP contribution in [-0.2, 0) is 0 Å². The smallest absolute Gasteiger partial charge is 0.125 e. The van der Waals surface area contributed by atoms with Gasteiger partial charge in [0.2, 0.25) is 0 Å². The molecule has 1 aromatic carbocycles. The molecule has 14 heavy (non-hydrogen) atoms. The number of hydrogen-bond donors (Lipinski definition) is 1. The summed E-state index contributed by atoms with van der Waals surface area (Å²) in [5.74, 6) is 0.501. The second kappa shape index (κ2) is 4.28. The van der Waals surface area contributed by atoms with Gasteiger partial charge in [-0.05, 0) is 43.1 Å². The highest BCUT2D eigenvalue weighted by molar-refractivity contribution is 6.30. The van der Waals surface area contributed by atoms with Gasteiger partial charge in [0, 0.05) is 5.02 Å². The second-order valence-corrected chi connectivity index (χ2v) is 4.22. The summed E-state index contributed by atoms with van der Waals surface area (Å²) in [6.45, 7) is 1.90. The van der Waals surface area contributed by atoms with Gasteiger partial charge in [0.15, 0.2) is 0 Å². The zero-order valence-corrected chi connectivity index (χ0v) is 8.60. The Morgan fingerprint density at radius 3 is 2.50 bits per heavy atom. The summed E-state index contributed by atoms with van der Waals surface area (Å²) in [4.78, 5) is 0. The maximum absolute atomic E-state index is 13.7. The van der Waals surface area contributed by atoms with Crippen molar-refractivity contribution >= 4 is 11.6 Å². The molecule has 76 valence electrons. The van der Waals surface area contributed by atoms with Gasteiger partial charge >= 0.3 is 0 Å². The first kappa shape index (κ1) is 9.94. The lowest BCUT2D eigenvalue weighted by atomic mass is 9.93. The molecular formula is C11H13ClFN. The highest BCUT2D eigenvalue weighted by Gasteiger charge is 2.22. The maximum Gasteiger partial charge on any atom is 0.125 e. The van der Waals surface area contributed by atoms with Crippen molar-refractivity contribution in [3.63, 3.8) is 0 Å². The van der Waals surface area contributed by atoms with E-state index >= 15 is 0 Å². The Labute approximate surface area is 88.3 Å². The molecule has 1 aromatic rings. The largest absolute Gasteiger partial charge is 0.316 e. The maximum atomic E-state index is 13.7. The Morgan fingerprint density at radius 1 is 1.36 bits per heavy atom. The predicted octanol–water partition coefficient (Wildman–Crippen LogP) is 2.96. The molecule has 1 atom stereocenters. The molecule has 1 heterocycles. The second-order valence-electron chi connectivity index (χ2n) is 3.78. The average Bonchev–Trinajstić information content (AvgIpc) is 2.12. The molecule has 0 aromatic heterocycles. The Balaban J connectivity index is 1.95. The van der Waals surface area contributed by atoms with Crippen LogP contribution in [0.15, 0.2) is 24.3 Å². The third-order valence-electron chi connectivity index (χ3n) is 2.64. The fourth-order valence-corrected chi connectivity index (χ4v) is 1.74. The molecule has 1 aliphatic heterocycles. The molecule has 2 rings (SSSR count). The van der Waals surface area contributed by atoms with Crippen LogP contribution in [0.5, 0.6) is 0 Å². The highest BCUT2D eigenvalue weighted by atomic mass is 35.5. The van der Waals surface area contributed by atoms with Crippen LogP contribution in [-0.4, -0.2) is 13.1 Å². The predicted molar refractivity (Wildman–Crippen MR) is 56.3 cm³/mol. The van der Waals surface area contributed by atoms with Crippen molar-refractivity contribution in [2.45, 2.75) is 12.6 Å². The number of benzene rings is 1. The molecule has 0 aliphatic carbocycles. The SMILES string of the molecule is FC(CC1CNC1)c1ccc(Cl)cc1. The summed E-state index contributed by atoms with van der Waals surface area (Å²) in [6, 6.07) is 7.00. The molecular weight excluding hydrogens is 201 g/mol. The standard InChI is InChI=1S/C11H13ClFN/c12-10-3-1-9(2-4-10)11(13)5-8-6-14-7-8/h1-4,8,11,14H,5-7H2. The fourth-order valence-electron chi connectivity index (χ4n) is 1.62. The molecule has 0 saturated carbocycles. The lowest BCUT2D eigenvalue weighted by molar-refractivity contribution is 0.224. The minimum absolute atomic E-state index is 0.501. The van der Waals surface area contributed by atoms with E-state index in [-0.39, 0.29) is 0 Å². The number of alkyl halides is 1. The normalized spacial score (nSPS) is 19.0. The summed E-state index contributed by atoms with van der Waals surface area (Å²) in [5, 5.41) is 3.80. The Bertz CT molecular complexity index is 295. The molecule has 1 aliphatic rings. The minimum Gasteiger partial charge on any atom is -0.316 e. The van der Waals surface area contributed by atoms with Crippen LogP contribution in [0, 0.1) is 5.92 Å². The molecule has 0 bridgehead atoms. The van der Waals surface area contributed by atoms with E-state index in [1.165, 1.54) is 0 Å². The van der Waals surface area contributed by atoms with E-state index < -0.39 is 6.17 Å². The molecule has 1 fully saturated rings. The van der Waals surface area contributed by atoms with Gasteiger partial charge in [-0.2, -0.15) is 0 Å². The first-order valence-electron chi connectivity index (χ1n) is 4.86. The summed E-state index contributed by atoms with van der Waals surface area (Å²) in [7, 11) is 0. The van der Waals surface area contributed by atoms with Crippen LogP contribution in [0.3, 0.4) is 0 Å². The van der Waals surface area contributed by atoms with Gasteiger partial charge in [0.05, 0.1) is 0 Å². The van der Waals surface area contributed by atoms with Gasteiger partial charge in [-0.1, -0.05) is 23.7 Å². The van der Waals surface area contributed by atoms with Crippen LogP contribution in [0.25, 0.3) is 0 Å². The van der Waals surface area contributed by atoms with E-state index in [1.807, 2.05) is 0 Å². The van der Waals surface area contributed by atoms with Gasteiger partial charge in [-0.3, -0.25) is 0 Å². The summed E-state index contributed by atoms with van der Waals surface area (Å²) in [5.41, 5.74) is 0.737.